The van der Waals surface area contributed by atoms with Crippen molar-refractivity contribution in [1.82, 2.24) is 20.6 Å². The smallest absolute Gasteiger partial charge is 0.282 e. The zero-order valence-electron chi connectivity index (χ0n) is 13.6. The molecule has 0 saturated carbocycles. The van der Waals surface area contributed by atoms with Gasteiger partial charge in [0.25, 0.3) is 5.60 Å². The molecule has 4 rings (SSSR count). The maximum Gasteiger partial charge on any atom is 0.282 e. The lowest BCUT2D eigenvalue weighted by Gasteiger charge is -2.38. The Morgan fingerprint density at radius 1 is 1.12 bits per heavy atom. The molecule has 8 nitrogen and oxygen atoms in total. The minimum atomic E-state index is -1.74. The molecule has 0 bridgehead atoms. The van der Waals surface area contributed by atoms with E-state index in [0.717, 1.165) is 5.56 Å². The number of nitrogens with two attached hydrogens (primary N) is 1. The number of aromatic amines is 1. The summed E-state index contributed by atoms with van der Waals surface area (Å²) >= 11 is 0. The van der Waals surface area contributed by atoms with E-state index in [1.54, 1.807) is 30.3 Å². The molecular weight excluding hydrogens is 334 g/mol. The summed E-state index contributed by atoms with van der Waals surface area (Å²) in [6, 6.07) is 16.3. The van der Waals surface area contributed by atoms with Crippen LogP contribution < -0.4 is 15.2 Å². The number of benzene rings is 2. The number of nitrogens with zero attached hydrogens (tertiary/aromatic N) is 3. The Morgan fingerprint density at radius 2 is 1.85 bits per heavy atom. The molecule has 2 heterocycles. The Hall–Kier alpha value is -3.52. The molecule has 0 spiro atoms. The fourth-order valence-electron chi connectivity index (χ4n) is 2.74. The lowest BCUT2D eigenvalue weighted by atomic mass is 9.92. The molecule has 3 aromatic rings. The van der Waals surface area contributed by atoms with E-state index in [4.69, 9.17) is 15.2 Å². The number of hydrogen-bond acceptors (Lipinski definition) is 7. The molecule has 26 heavy (non-hydrogen) atoms. The molecule has 2 aromatic carbocycles. The van der Waals surface area contributed by atoms with E-state index in [0.29, 0.717) is 11.5 Å². The van der Waals surface area contributed by atoms with Crippen molar-refractivity contribution in [2.75, 3.05) is 0 Å². The van der Waals surface area contributed by atoms with Crippen LogP contribution in [0, 0.1) is 0 Å². The highest BCUT2D eigenvalue weighted by molar-refractivity contribution is 6.01. The van der Waals surface area contributed by atoms with Gasteiger partial charge < -0.3 is 9.47 Å². The van der Waals surface area contributed by atoms with E-state index in [2.05, 4.69) is 20.6 Å². The predicted molar refractivity (Wildman–Crippen MR) is 92.0 cm³/mol. The average Bonchev–Trinajstić information content (AvgIpc) is 3.21. The van der Waals surface area contributed by atoms with Gasteiger partial charge in [-0.3, -0.25) is 10.5 Å². The Morgan fingerprint density at radius 3 is 2.58 bits per heavy atom. The Kier molecular flexibility index (Phi) is 3.94. The van der Waals surface area contributed by atoms with Gasteiger partial charge in [0.2, 0.25) is 17.8 Å². The van der Waals surface area contributed by atoms with Crippen molar-refractivity contribution in [1.29, 1.82) is 0 Å². The van der Waals surface area contributed by atoms with Crippen molar-refractivity contribution in [2.45, 2.75) is 11.8 Å². The van der Waals surface area contributed by atoms with Crippen LogP contribution in [0.3, 0.4) is 0 Å². The first kappa shape index (κ1) is 16.0. The zero-order valence-corrected chi connectivity index (χ0v) is 13.6. The molecule has 1 aliphatic rings. The number of fused-ring (bicyclic) bond motifs is 1. The van der Waals surface area contributed by atoms with Crippen LogP contribution in [0.15, 0.2) is 60.7 Å². The molecule has 0 amide bonds. The molecule has 130 valence electrons. The predicted octanol–water partition coefficient (Wildman–Crippen LogP) is 1.43. The van der Waals surface area contributed by atoms with Gasteiger partial charge >= 0.3 is 0 Å². The van der Waals surface area contributed by atoms with Gasteiger partial charge in [-0.25, -0.2) is 0 Å². The largest absolute Gasteiger partial charge is 0.466 e. The number of carbonyl (C=O) groups excluding carboxylic acids is 1. The summed E-state index contributed by atoms with van der Waals surface area (Å²) in [6.07, 6.45) is 1.90. The first-order chi connectivity index (χ1) is 12.7. The molecule has 2 unspecified atom stereocenters. The van der Waals surface area contributed by atoms with E-state index in [-0.39, 0.29) is 5.82 Å². The molecule has 0 radical (unpaired) electrons. The second-order valence-electron chi connectivity index (χ2n) is 5.67. The van der Waals surface area contributed by atoms with Gasteiger partial charge in [-0.1, -0.05) is 48.5 Å². The minimum Gasteiger partial charge on any atom is -0.466 e. The van der Waals surface area contributed by atoms with Gasteiger partial charge in [-0.15, -0.1) is 10.2 Å². The number of nitrogens with one attached hydrogen (secondary N) is 1. The van der Waals surface area contributed by atoms with Crippen LogP contribution in [0.4, 0.5) is 0 Å². The van der Waals surface area contributed by atoms with Crippen molar-refractivity contribution in [2.24, 2.45) is 5.73 Å². The van der Waals surface area contributed by atoms with E-state index in [1.165, 1.54) is 6.08 Å². The number of carbonyl (C=O) groups is 1. The lowest BCUT2D eigenvalue weighted by Crippen LogP contribution is -2.60. The molecule has 1 aliphatic heterocycles. The highest BCUT2D eigenvalue weighted by atomic mass is 16.6. The van der Waals surface area contributed by atoms with Crippen molar-refractivity contribution in [3.8, 4) is 11.5 Å². The number of para-hydroxylation sites is 2. The third-order valence-electron chi connectivity index (χ3n) is 4.05. The summed E-state index contributed by atoms with van der Waals surface area (Å²) in [5.74, 6) is 0.367. The SMILES string of the molecule is NC1Oc2ccccc2OC1(C(=O)C=Cc1ccccc1)c1nn[nH]n1. The first-order valence-corrected chi connectivity index (χ1v) is 7.92. The molecule has 0 aliphatic carbocycles. The quantitative estimate of drug-likeness (QED) is 0.685. The van der Waals surface area contributed by atoms with Crippen LogP contribution in [0.25, 0.3) is 6.08 Å². The molecule has 0 saturated heterocycles. The summed E-state index contributed by atoms with van der Waals surface area (Å²) in [6.45, 7) is 0. The van der Waals surface area contributed by atoms with Crippen molar-refractivity contribution >= 4 is 11.9 Å². The van der Waals surface area contributed by atoms with Gasteiger partial charge in [-0.2, -0.15) is 5.21 Å². The minimum absolute atomic E-state index is 0.00205. The van der Waals surface area contributed by atoms with E-state index >= 15 is 0 Å². The average molecular weight is 349 g/mol. The van der Waals surface area contributed by atoms with E-state index in [9.17, 15) is 4.79 Å². The van der Waals surface area contributed by atoms with Crippen molar-refractivity contribution < 1.29 is 14.3 Å². The Balaban J connectivity index is 1.76. The van der Waals surface area contributed by atoms with Crippen LogP contribution in [-0.2, 0) is 10.4 Å². The third-order valence-corrected chi connectivity index (χ3v) is 4.05. The molecular formula is C18H15N5O3. The second-order valence-corrected chi connectivity index (χ2v) is 5.67. The number of hydrogen-bond donors (Lipinski definition) is 2. The lowest BCUT2D eigenvalue weighted by molar-refractivity contribution is -0.145. The number of tetrazole rings is 1. The highest BCUT2D eigenvalue weighted by Gasteiger charge is 2.55. The summed E-state index contributed by atoms with van der Waals surface area (Å²) in [5.41, 5.74) is 5.28. The topological polar surface area (TPSA) is 116 Å². The normalized spacial score (nSPS) is 21.7. The van der Waals surface area contributed by atoms with Crippen molar-refractivity contribution in [3.63, 3.8) is 0 Å². The summed E-state index contributed by atoms with van der Waals surface area (Å²) < 4.78 is 11.7. The Labute approximate surface area is 148 Å². The fraction of sp³-hybridized carbons (Fsp3) is 0.111. The molecule has 2 atom stereocenters. The maximum atomic E-state index is 13.1. The van der Waals surface area contributed by atoms with Crippen molar-refractivity contribution in [3.05, 3.63) is 72.1 Å². The van der Waals surface area contributed by atoms with E-state index in [1.807, 2.05) is 30.3 Å². The van der Waals surface area contributed by atoms with Crippen LogP contribution in [-0.4, -0.2) is 32.6 Å². The summed E-state index contributed by atoms with van der Waals surface area (Å²) in [4.78, 5) is 13.1. The van der Waals surface area contributed by atoms with Crippen LogP contribution in [0.5, 0.6) is 11.5 Å². The molecule has 1 aromatic heterocycles. The van der Waals surface area contributed by atoms with Gasteiger partial charge in [-0.05, 0) is 29.0 Å². The van der Waals surface area contributed by atoms with E-state index < -0.39 is 17.6 Å². The molecule has 0 fully saturated rings. The number of ether oxygens (including phenoxy) is 2. The van der Waals surface area contributed by atoms with Gasteiger partial charge in [0.1, 0.15) is 0 Å². The highest BCUT2D eigenvalue weighted by Crippen LogP contribution is 2.41. The van der Waals surface area contributed by atoms with Crippen LogP contribution >= 0.6 is 0 Å². The molecule has 8 heteroatoms. The Bertz CT molecular complexity index is 942. The molecule has 3 N–H and O–H groups in total. The number of rotatable bonds is 4. The van der Waals surface area contributed by atoms with Crippen LogP contribution in [0.1, 0.15) is 11.4 Å². The zero-order chi connectivity index (χ0) is 18.0. The van der Waals surface area contributed by atoms with Crippen LogP contribution in [0.2, 0.25) is 0 Å². The summed E-state index contributed by atoms with van der Waals surface area (Å²) in [5, 5.41) is 13.7. The fourth-order valence-corrected chi connectivity index (χ4v) is 2.74. The number of H-pyrrole nitrogens is 1. The van der Waals surface area contributed by atoms with Gasteiger partial charge in [0.05, 0.1) is 0 Å². The maximum absolute atomic E-state index is 13.1. The third kappa shape index (κ3) is 2.62. The summed E-state index contributed by atoms with van der Waals surface area (Å²) in [7, 11) is 0. The standard InChI is InChI=1S/C18H15N5O3/c19-16-18(17-20-22-23-21-17,26-14-9-5-4-8-13(14)25-16)15(24)11-10-12-6-2-1-3-7-12/h1-11,16H,19H2,(H,20,21,22,23). The first-order valence-electron chi connectivity index (χ1n) is 7.92. The second kappa shape index (κ2) is 6.41. The van der Waals surface area contributed by atoms with Gasteiger partial charge in [0, 0.05) is 0 Å². The monoisotopic (exact) mass is 349 g/mol. The number of ketones is 1. The number of aromatic nitrogens is 4. The van der Waals surface area contributed by atoms with Gasteiger partial charge in [0.15, 0.2) is 11.5 Å².